The van der Waals surface area contributed by atoms with Crippen LogP contribution < -0.4 is 11.1 Å². The molecule has 1 atom stereocenters. The van der Waals surface area contributed by atoms with Gasteiger partial charge in [-0.3, -0.25) is 0 Å². The highest BCUT2D eigenvalue weighted by atomic mass is 32.2. The summed E-state index contributed by atoms with van der Waals surface area (Å²) in [6.07, 6.45) is 0. The molecule has 0 saturated carbocycles. The van der Waals surface area contributed by atoms with Gasteiger partial charge in [-0.2, -0.15) is 5.26 Å². The Morgan fingerprint density at radius 1 is 1.44 bits per heavy atom. The molecule has 1 unspecified atom stereocenters. The van der Waals surface area contributed by atoms with Gasteiger partial charge in [0, 0.05) is 18.3 Å². The Balaban J connectivity index is 0.000000169. The second kappa shape index (κ2) is 5.91. The highest BCUT2D eigenvalue weighted by molar-refractivity contribution is 7.82. The lowest BCUT2D eigenvalue weighted by molar-refractivity contribution is 0.808. The molecule has 0 spiro atoms. The monoisotopic (exact) mass is 275 g/mol. The SMILES string of the molecule is N#Cc1ccc2c(c1)NCC2N.Sc1cccs1. The number of hydrogen-bond donors (Lipinski definition) is 3. The van der Waals surface area contributed by atoms with E-state index in [1.807, 2.05) is 29.6 Å². The summed E-state index contributed by atoms with van der Waals surface area (Å²) < 4.78 is 1.08. The van der Waals surface area contributed by atoms with Gasteiger partial charge in [0.15, 0.2) is 0 Å². The Labute approximate surface area is 116 Å². The number of nitrogens with one attached hydrogen (secondary N) is 1. The van der Waals surface area contributed by atoms with E-state index in [4.69, 9.17) is 11.0 Å². The van der Waals surface area contributed by atoms with Gasteiger partial charge in [0.1, 0.15) is 0 Å². The van der Waals surface area contributed by atoms with Crippen molar-refractivity contribution in [2.75, 3.05) is 11.9 Å². The predicted octanol–water partition coefficient (Wildman–Crippen LogP) is 3.02. The van der Waals surface area contributed by atoms with Crippen LogP contribution in [-0.4, -0.2) is 6.54 Å². The fraction of sp³-hybridized carbons (Fsp3) is 0.154. The maximum Gasteiger partial charge on any atom is 0.0992 e. The van der Waals surface area contributed by atoms with Crippen LogP contribution in [0.3, 0.4) is 0 Å². The van der Waals surface area contributed by atoms with Gasteiger partial charge in [-0.05, 0) is 29.1 Å². The number of rotatable bonds is 0. The van der Waals surface area contributed by atoms with E-state index in [9.17, 15) is 0 Å². The van der Waals surface area contributed by atoms with Gasteiger partial charge in [-0.15, -0.1) is 24.0 Å². The first-order valence-electron chi connectivity index (χ1n) is 5.46. The fourth-order valence-corrected chi connectivity index (χ4v) is 2.42. The van der Waals surface area contributed by atoms with E-state index < -0.39 is 0 Å². The molecule has 3 rings (SSSR count). The molecular formula is C13H13N3S2. The minimum absolute atomic E-state index is 0.0766. The van der Waals surface area contributed by atoms with Crippen LogP contribution >= 0.6 is 24.0 Å². The molecule has 0 saturated heterocycles. The van der Waals surface area contributed by atoms with E-state index in [0.29, 0.717) is 5.56 Å². The molecule has 18 heavy (non-hydrogen) atoms. The lowest BCUT2D eigenvalue weighted by Crippen LogP contribution is -2.11. The zero-order valence-electron chi connectivity index (χ0n) is 9.63. The van der Waals surface area contributed by atoms with Crippen molar-refractivity contribution in [2.24, 2.45) is 5.73 Å². The standard InChI is InChI=1S/C9H9N3.C4H4S2/c10-4-6-1-2-7-8(11)5-12-9(7)3-6;5-4-2-1-3-6-4/h1-3,8,12H,5,11H2;1-3,5H. The van der Waals surface area contributed by atoms with Crippen LogP contribution in [0.25, 0.3) is 0 Å². The quantitative estimate of drug-likeness (QED) is 0.648. The van der Waals surface area contributed by atoms with E-state index in [-0.39, 0.29) is 6.04 Å². The largest absolute Gasteiger partial charge is 0.383 e. The van der Waals surface area contributed by atoms with Crippen LogP contribution in [0.1, 0.15) is 17.2 Å². The molecule has 1 aromatic heterocycles. The highest BCUT2D eigenvalue weighted by Gasteiger charge is 2.17. The van der Waals surface area contributed by atoms with Crippen molar-refractivity contribution in [1.29, 1.82) is 5.26 Å². The van der Waals surface area contributed by atoms with Crippen molar-refractivity contribution in [3.05, 3.63) is 46.8 Å². The molecule has 1 aliphatic rings. The summed E-state index contributed by atoms with van der Waals surface area (Å²) in [6, 6.07) is 11.7. The summed E-state index contributed by atoms with van der Waals surface area (Å²) in [5, 5.41) is 13.8. The van der Waals surface area contributed by atoms with Crippen molar-refractivity contribution in [3.8, 4) is 6.07 Å². The molecule has 1 aromatic carbocycles. The second-order valence-corrected chi connectivity index (χ2v) is 5.58. The van der Waals surface area contributed by atoms with Crippen molar-refractivity contribution in [3.63, 3.8) is 0 Å². The average Bonchev–Trinajstić information content (AvgIpc) is 3.00. The zero-order chi connectivity index (χ0) is 13.0. The molecule has 0 aliphatic carbocycles. The topological polar surface area (TPSA) is 61.8 Å². The lowest BCUT2D eigenvalue weighted by Gasteiger charge is -2.00. The van der Waals surface area contributed by atoms with E-state index >= 15 is 0 Å². The Morgan fingerprint density at radius 3 is 2.83 bits per heavy atom. The Kier molecular flexibility index (Phi) is 4.26. The summed E-state index contributed by atoms with van der Waals surface area (Å²) in [4.78, 5) is 0. The number of nitrogens with zero attached hydrogens (tertiary/aromatic N) is 1. The molecule has 2 heterocycles. The maximum atomic E-state index is 8.63. The predicted molar refractivity (Wildman–Crippen MR) is 78.1 cm³/mol. The molecular weight excluding hydrogens is 262 g/mol. The number of thiophene rings is 1. The minimum atomic E-state index is 0.0766. The van der Waals surface area contributed by atoms with Crippen molar-refractivity contribution < 1.29 is 0 Å². The average molecular weight is 275 g/mol. The Morgan fingerprint density at radius 2 is 2.28 bits per heavy atom. The van der Waals surface area contributed by atoms with E-state index in [0.717, 1.165) is 22.0 Å². The molecule has 3 nitrogen and oxygen atoms in total. The molecule has 0 radical (unpaired) electrons. The molecule has 0 amide bonds. The van der Waals surface area contributed by atoms with Crippen LogP contribution in [-0.2, 0) is 0 Å². The Hall–Kier alpha value is -1.48. The maximum absolute atomic E-state index is 8.63. The molecule has 3 N–H and O–H groups in total. The molecule has 2 aromatic rings. The second-order valence-electron chi connectivity index (χ2n) is 3.85. The summed E-state index contributed by atoms with van der Waals surface area (Å²) in [5.74, 6) is 0. The molecule has 5 heteroatoms. The van der Waals surface area contributed by atoms with Crippen LogP contribution in [0.2, 0.25) is 0 Å². The summed E-state index contributed by atoms with van der Waals surface area (Å²) >= 11 is 5.70. The van der Waals surface area contributed by atoms with E-state index in [1.165, 1.54) is 0 Å². The van der Waals surface area contributed by atoms with Crippen LogP contribution in [0.5, 0.6) is 0 Å². The van der Waals surface area contributed by atoms with Crippen LogP contribution in [0, 0.1) is 11.3 Å². The van der Waals surface area contributed by atoms with E-state index in [1.54, 1.807) is 17.4 Å². The van der Waals surface area contributed by atoms with Crippen molar-refractivity contribution in [1.82, 2.24) is 0 Å². The highest BCUT2D eigenvalue weighted by Crippen LogP contribution is 2.28. The van der Waals surface area contributed by atoms with Crippen LogP contribution in [0.15, 0.2) is 39.9 Å². The third-order valence-electron chi connectivity index (χ3n) is 2.60. The molecule has 92 valence electrons. The smallest absolute Gasteiger partial charge is 0.0992 e. The van der Waals surface area contributed by atoms with Gasteiger partial charge in [0.05, 0.1) is 15.8 Å². The number of nitriles is 1. The lowest BCUT2D eigenvalue weighted by atomic mass is 10.1. The number of fused-ring (bicyclic) bond motifs is 1. The van der Waals surface area contributed by atoms with Gasteiger partial charge < -0.3 is 11.1 Å². The number of nitrogens with two attached hydrogens (primary N) is 1. The Bertz CT molecular complexity index is 558. The first-order valence-corrected chi connectivity index (χ1v) is 6.79. The summed E-state index contributed by atoms with van der Waals surface area (Å²) in [7, 11) is 0. The third-order valence-corrected chi connectivity index (χ3v) is 3.74. The van der Waals surface area contributed by atoms with Gasteiger partial charge in [0.2, 0.25) is 0 Å². The summed E-state index contributed by atoms with van der Waals surface area (Å²) in [5.41, 5.74) is 8.58. The number of thiol groups is 1. The first-order chi connectivity index (χ1) is 8.70. The molecule has 0 fully saturated rings. The summed E-state index contributed by atoms with van der Waals surface area (Å²) in [6.45, 7) is 0.768. The third kappa shape index (κ3) is 3.05. The molecule has 1 aliphatic heterocycles. The van der Waals surface area contributed by atoms with Gasteiger partial charge in [-0.1, -0.05) is 12.1 Å². The van der Waals surface area contributed by atoms with Gasteiger partial charge in [0.25, 0.3) is 0 Å². The fourth-order valence-electron chi connectivity index (χ4n) is 1.70. The van der Waals surface area contributed by atoms with Crippen molar-refractivity contribution in [2.45, 2.75) is 10.3 Å². The molecule has 0 bridgehead atoms. The minimum Gasteiger partial charge on any atom is -0.383 e. The number of benzene rings is 1. The normalized spacial score (nSPS) is 15.9. The van der Waals surface area contributed by atoms with Gasteiger partial charge >= 0.3 is 0 Å². The van der Waals surface area contributed by atoms with Crippen LogP contribution in [0.4, 0.5) is 5.69 Å². The number of hydrogen-bond acceptors (Lipinski definition) is 5. The van der Waals surface area contributed by atoms with E-state index in [2.05, 4.69) is 24.0 Å². The van der Waals surface area contributed by atoms with Gasteiger partial charge in [-0.25, -0.2) is 0 Å². The number of anilines is 1. The van der Waals surface area contributed by atoms with Crippen molar-refractivity contribution >= 4 is 29.7 Å². The zero-order valence-corrected chi connectivity index (χ0v) is 11.3. The first kappa shape index (κ1) is 13.0.